The van der Waals surface area contributed by atoms with Gasteiger partial charge in [-0.15, -0.1) is 11.6 Å². The molecule has 1 nitrogen and oxygen atoms in total. The molecule has 1 rings (SSSR count). The molecule has 0 heterocycles. The van der Waals surface area contributed by atoms with Crippen LogP contribution in [0.4, 0.5) is 0 Å². The SMILES string of the molecule is CCCCOc1ccc(C=C(CC)CCl)cc1. The molecule has 0 fully saturated rings. The van der Waals surface area contributed by atoms with Gasteiger partial charge < -0.3 is 4.74 Å². The lowest BCUT2D eigenvalue weighted by molar-refractivity contribution is 0.309. The molecule has 0 aliphatic heterocycles. The third kappa shape index (κ3) is 5.27. The maximum atomic E-state index is 5.84. The van der Waals surface area contributed by atoms with Crippen molar-refractivity contribution in [3.63, 3.8) is 0 Å². The van der Waals surface area contributed by atoms with E-state index in [-0.39, 0.29) is 0 Å². The fourth-order valence-corrected chi connectivity index (χ4v) is 1.73. The van der Waals surface area contributed by atoms with Crippen molar-refractivity contribution in [2.75, 3.05) is 12.5 Å². The minimum atomic E-state index is 0.602. The molecule has 0 unspecified atom stereocenters. The van der Waals surface area contributed by atoms with Gasteiger partial charge in [-0.25, -0.2) is 0 Å². The maximum Gasteiger partial charge on any atom is 0.119 e. The molecule has 1 aromatic carbocycles. The maximum absolute atomic E-state index is 5.84. The van der Waals surface area contributed by atoms with Gasteiger partial charge in [0.05, 0.1) is 6.61 Å². The van der Waals surface area contributed by atoms with Crippen LogP contribution in [0.15, 0.2) is 29.8 Å². The highest BCUT2D eigenvalue weighted by molar-refractivity contribution is 6.19. The molecule has 17 heavy (non-hydrogen) atoms. The highest BCUT2D eigenvalue weighted by atomic mass is 35.5. The highest BCUT2D eigenvalue weighted by Gasteiger charge is 1.96. The summed E-state index contributed by atoms with van der Waals surface area (Å²) in [6.45, 7) is 5.08. The number of ether oxygens (including phenoxy) is 1. The van der Waals surface area contributed by atoms with Crippen LogP contribution in [0.5, 0.6) is 5.75 Å². The van der Waals surface area contributed by atoms with E-state index in [0.29, 0.717) is 5.88 Å². The average Bonchev–Trinajstić information content (AvgIpc) is 2.38. The Balaban J connectivity index is 2.58. The number of halogens is 1. The van der Waals surface area contributed by atoms with Gasteiger partial charge in [-0.05, 0) is 30.5 Å². The van der Waals surface area contributed by atoms with Crippen molar-refractivity contribution in [2.24, 2.45) is 0 Å². The molecule has 1 aromatic rings. The number of benzene rings is 1. The topological polar surface area (TPSA) is 9.23 Å². The normalized spacial score (nSPS) is 11.6. The van der Waals surface area contributed by atoms with Gasteiger partial charge in [0, 0.05) is 5.88 Å². The summed E-state index contributed by atoms with van der Waals surface area (Å²) in [5.41, 5.74) is 2.44. The summed E-state index contributed by atoms with van der Waals surface area (Å²) in [5.74, 6) is 1.55. The predicted octanol–water partition coefficient (Wildman–Crippen LogP) is 4.90. The number of rotatable bonds is 7. The van der Waals surface area contributed by atoms with Crippen LogP contribution in [0.3, 0.4) is 0 Å². The Morgan fingerprint density at radius 1 is 1.24 bits per heavy atom. The van der Waals surface area contributed by atoms with Gasteiger partial charge in [-0.1, -0.05) is 44.1 Å². The number of alkyl halides is 1. The van der Waals surface area contributed by atoms with Gasteiger partial charge >= 0.3 is 0 Å². The van der Waals surface area contributed by atoms with Crippen LogP contribution in [0, 0.1) is 0 Å². The Bertz CT molecular complexity index is 334. The van der Waals surface area contributed by atoms with E-state index >= 15 is 0 Å². The number of hydrogen-bond acceptors (Lipinski definition) is 1. The Labute approximate surface area is 109 Å². The predicted molar refractivity (Wildman–Crippen MR) is 75.8 cm³/mol. The van der Waals surface area contributed by atoms with Crippen LogP contribution in [-0.4, -0.2) is 12.5 Å². The van der Waals surface area contributed by atoms with Crippen molar-refractivity contribution in [1.82, 2.24) is 0 Å². The van der Waals surface area contributed by atoms with E-state index in [1.165, 1.54) is 11.1 Å². The summed E-state index contributed by atoms with van der Waals surface area (Å²) >= 11 is 5.84. The van der Waals surface area contributed by atoms with E-state index in [2.05, 4.69) is 32.1 Å². The van der Waals surface area contributed by atoms with Gasteiger partial charge in [0.25, 0.3) is 0 Å². The van der Waals surface area contributed by atoms with Crippen LogP contribution in [0.25, 0.3) is 6.08 Å². The number of unbranched alkanes of at least 4 members (excludes halogenated alkanes) is 1. The molecule has 0 radical (unpaired) electrons. The number of hydrogen-bond donors (Lipinski definition) is 0. The molecule has 0 aromatic heterocycles. The zero-order valence-corrected chi connectivity index (χ0v) is 11.5. The van der Waals surface area contributed by atoms with Crippen LogP contribution >= 0.6 is 11.6 Å². The van der Waals surface area contributed by atoms with E-state index in [9.17, 15) is 0 Å². The molecule has 94 valence electrons. The molecular weight excluding hydrogens is 232 g/mol. The van der Waals surface area contributed by atoms with Crippen molar-refractivity contribution >= 4 is 17.7 Å². The average molecular weight is 253 g/mol. The molecule has 0 aliphatic carbocycles. The van der Waals surface area contributed by atoms with Crippen molar-refractivity contribution in [1.29, 1.82) is 0 Å². The van der Waals surface area contributed by atoms with Crippen LogP contribution in [0.1, 0.15) is 38.7 Å². The first-order valence-corrected chi connectivity index (χ1v) is 6.81. The second-order valence-electron chi connectivity index (χ2n) is 4.06. The molecule has 0 spiro atoms. The first kappa shape index (κ1) is 14.1. The second-order valence-corrected chi connectivity index (χ2v) is 4.33. The van der Waals surface area contributed by atoms with E-state index < -0.39 is 0 Å². The molecule has 0 aliphatic rings. The van der Waals surface area contributed by atoms with Crippen LogP contribution in [0.2, 0.25) is 0 Å². The Hall–Kier alpha value is -0.950. The summed E-state index contributed by atoms with van der Waals surface area (Å²) < 4.78 is 5.61. The number of allylic oxidation sites excluding steroid dienone is 1. The van der Waals surface area contributed by atoms with Crippen molar-refractivity contribution < 1.29 is 4.74 Å². The zero-order valence-electron chi connectivity index (χ0n) is 10.7. The van der Waals surface area contributed by atoms with Crippen LogP contribution in [-0.2, 0) is 0 Å². The van der Waals surface area contributed by atoms with Crippen molar-refractivity contribution in [3.05, 3.63) is 35.4 Å². The zero-order chi connectivity index (χ0) is 12.5. The molecule has 0 saturated carbocycles. The highest BCUT2D eigenvalue weighted by Crippen LogP contribution is 2.16. The minimum absolute atomic E-state index is 0.602. The largest absolute Gasteiger partial charge is 0.494 e. The van der Waals surface area contributed by atoms with Gasteiger partial charge in [-0.2, -0.15) is 0 Å². The fraction of sp³-hybridized carbons (Fsp3) is 0.467. The smallest absolute Gasteiger partial charge is 0.119 e. The van der Waals surface area contributed by atoms with Crippen molar-refractivity contribution in [2.45, 2.75) is 33.1 Å². The first-order valence-electron chi connectivity index (χ1n) is 6.28. The van der Waals surface area contributed by atoms with Gasteiger partial charge in [0.2, 0.25) is 0 Å². The van der Waals surface area contributed by atoms with Gasteiger partial charge in [-0.3, -0.25) is 0 Å². The first-order chi connectivity index (χ1) is 8.30. The Morgan fingerprint density at radius 2 is 1.94 bits per heavy atom. The summed E-state index contributed by atoms with van der Waals surface area (Å²) in [4.78, 5) is 0. The second kappa shape index (κ2) is 8.19. The lowest BCUT2D eigenvalue weighted by Gasteiger charge is -2.05. The molecule has 0 bridgehead atoms. The summed E-state index contributed by atoms with van der Waals surface area (Å²) in [6, 6.07) is 8.18. The third-order valence-electron chi connectivity index (χ3n) is 2.64. The molecule has 0 amide bonds. The Kier molecular flexibility index (Phi) is 6.80. The lowest BCUT2D eigenvalue weighted by atomic mass is 10.1. The van der Waals surface area contributed by atoms with E-state index in [4.69, 9.17) is 16.3 Å². The lowest BCUT2D eigenvalue weighted by Crippen LogP contribution is -1.95. The van der Waals surface area contributed by atoms with E-state index in [1.807, 2.05) is 12.1 Å². The van der Waals surface area contributed by atoms with Crippen LogP contribution < -0.4 is 4.74 Å². The Morgan fingerprint density at radius 3 is 2.47 bits per heavy atom. The quantitative estimate of drug-likeness (QED) is 0.496. The molecule has 0 saturated heterocycles. The summed E-state index contributed by atoms with van der Waals surface area (Å²) in [7, 11) is 0. The van der Waals surface area contributed by atoms with Crippen molar-refractivity contribution in [3.8, 4) is 5.75 Å². The summed E-state index contributed by atoms with van der Waals surface area (Å²) in [5, 5.41) is 0. The van der Waals surface area contributed by atoms with Gasteiger partial charge in [0.15, 0.2) is 0 Å². The molecule has 2 heteroatoms. The minimum Gasteiger partial charge on any atom is -0.494 e. The van der Waals surface area contributed by atoms with E-state index in [0.717, 1.165) is 31.6 Å². The molecule has 0 atom stereocenters. The fourth-order valence-electron chi connectivity index (χ4n) is 1.47. The molecular formula is C15H21ClO. The van der Waals surface area contributed by atoms with E-state index in [1.54, 1.807) is 0 Å². The standard InChI is InChI=1S/C15H21ClO/c1-3-5-10-17-15-8-6-14(7-9-15)11-13(4-2)12-16/h6-9,11H,3-5,10,12H2,1-2H3. The third-order valence-corrected chi connectivity index (χ3v) is 2.99. The van der Waals surface area contributed by atoms with Gasteiger partial charge in [0.1, 0.15) is 5.75 Å². The monoisotopic (exact) mass is 252 g/mol. The summed E-state index contributed by atoms with van der Waals surface area (Å²) in [6.07, 6.45) is 5.41. The molecule has 0 N–H and O–H groups in total.